The number of aryl methyl sites for hydroxylation is 2. The van der Waals surface area contributed by atoms with E-state index in [2.05, 4.69) is 20.4 Å². The molecule has 0 aromatic carbocycles. The minimum atomic E-state index is -1.26. The lowest BCUT2D eigenvalue weighted by Gasteiger charge is -2.05. The van der Waals surface area contributed by atoms with E-state index in [1.54, 1.807) is 20.2 Å². The molecule has 0 spiro atoms. The molecule has 0 aliphatic rings. The molecule has 8 heteroatoms. The second-order valence-electron chi connectivity index (χ2n) is 3.81. The van der Waals surface area contributed by atoms with E-state index >= 15 is 0 Å². The van der Waals surface area contributed by atoms with Gasteiger partial charge < -0.3 is 10.4 Å². The highest BCUT2D eigenvalue weighted by Crippen LogP contribution is 2.12. The number of nitrogens with zero attached hydrogens (tertiary/aromatic N) is 4. The third kappa shape index (κ3) is 2.57. The number of anilines is 1. The third-order valence-corrected chi connectivity index (χ3v) is 2.39. The average Bonchev–Trinajstić information content (AvgIpc) is 2.69. The second-order valence-corrected chi connectivity index (χ2v) is 3.81. The number of nitrogens with one attached hydrogen (secondary N) is 1. The van der Waals surface area contributed by atoms with E-state index in [0.717, 1.165) is 0 Å². The van der Waals surface area contributed by atoms with Crippen molar-refractivity contribution in [1.82, 2.24) is 19.7 Å². The fourth-order valence-electron chi connectivity index (χ4n) is 1.58. The molecule has 0 radical (unpaired) electrons. The van der Waals surface area contributed by atoms with Gasteiger partial charge in [-0.05, 0) is 6.92 Å². The first kappa shape index (κ1) is 12.7. The second kappa shape index (κ2) is 4.84. The molecule has 2 aromatic rings. The predicted molar refractivity (Wildman–Crippen MR) is 64.9 cm³/mol. The van der Waals surface area contributed by atoms with Crippen molar-refractivity contribution in [3.8, 4) is 0 Å². The Hall–Kier alpha value is -2.77. The van der Waals surface area contributed by atoms with Crippen LogP contribution in [-0.2, 0) is 7.05 Å². The van der Waals surface area contributed by atoms with Crippen LogP contribution in [0, 0.1) is 6.92 Å². The van der Waals surface area contributed by atoms with E-state index in [9.17, 15) is 9.59 Å². The van der Waals surface area contributed by atoms with Gasteiger partial charge in [0.15, 0.2) is 11.5 Å². The fraction of sp³-hybridized carbons (Fsp3) is 0.182. The Bertz CT molecular complexity index is 650. The van der Waals surface area contributed by atoms with Crippen molar-refractivity contribution in [3.63, 3.8) is 0 Å². The van der Waals surface area contributed by atoms with Gasteiger partial charge in [0, 0.05) is 25.6 Å². The quantitative estimate of drug-likeness (QED) is 0.831. The number of hydrogen-bond acceptors (Lipinski definition) is 5. The Morgan fingerprint density at radius 3 is 2.58 bits per heavy atom. The number of carbonyl (C=O) groups excluding carboxylic acids is 1. The lowest BCUT2D eigenvalue weighted by Crippen LogP contribution is -2.17. The van der Waals surface area contributed by atoms with Crippen LogP contribution in [0.3, 0.4) is 0 Å². The van der Waals surface area contributed by atoms with Crippen molar-refractivity contribution in [1.29, 1.82) is 0 Å². The minimum absolute atomic E-state index is 0.0942. The van der Waals surface area contributed by atoms with Crippen LogP contribution in [0.5, 0.6) is 0 Å². The monoisotopic (exact) mass is 261 g/mol. The molecule has 2 heterocycles. The maximum Gasteiger partial charge on any atom is 0.358 e. The molecule has 0 saturated carbocycles. The molecule has 19 heavy (non-hydrogen) atoms. The highest BCUT2D eigenvalue weighted by Gasteiger charge is 2.18. The van der Waals surface area contributed by atoms with Gasteiger partial charge in [-0.25, -0.2) is 14.8 Å². The number of rotatable bonds is 3. The summed E-state index contributed by atoms with van der Waals surface area (Å²) in [6.45, 7) is 1.68. The van der Waals surface area contributed by atoms with Crippen LogP contribution in [0.15, 0.2) is 18.6 Å². The maximum absolute atomic E-state index is 12.0. The van der Waals surface area contributed by atoms with E-state index in [4.69, 9.17) is 5.11 Å². The van der Waals surface area contributed by atoms with Gasteiger partial charge in [-0.15, -0.1) is 0 Å². The largest absolute Gasteiger partial charge is 0.476 e. The van der Waals surface area contributed by atoms with E-state index < -0.39 is 11.9 Å². The van der Waals surface area contributed by atoms with E-state index in [1.807, 2.05) is 0 Å². The molecule has 2 aromatic heterocycles. The minimum Gasteiger partial charge on any atom is -0.476 e. The summed E-state index contributed by atoms with van der Waals surface area (Å²) in [5.74, 6) is -1.83. The summed E-state index contributed by atoms with van der Waals surface area (Å²) in [7, 11) is 1.69. The van der Waals surface area contributed by atoms with E-state index in [1.165, 1.54) is 17.1 Å². The molecule has 1 amide bonds. The fourth-order valence-corrected chi connectivity index (χ4v) is 1.58. The van der Waals surface area contributed by atoms with Gasteiger partial charge in [0.2, 0.25) is 0 Å². The number of hydrogen-bond donors (Lipinski definition) is 2. The summed E-state index contributed by atoms with van der Waals surface area (Å²) in [5.41, 5.74) is 0.586. The van der Waals surface area contributed by atoms with Crippen molar-refractivity contribution in [2.75, 3.05) is 5.32 Å². The molecule has 98 valence electrons. The van der Waals surface area contributed by atoms with Gasteiger partial charge in [0.25, 0.3) is 5.91 Å². The highest BCUT2D eigenvalue weighted by atomic mass is 16.4. The van der Waals surface area contributed by atoms with Crippen LogP contribution in [0.2, 0.25) is 0 Å². The highest BCUT2D eigenvalue weighted by molar-refractivity contribution is 6.06. The van der Waals surface area contributed by atoms with Crippen LogP contribution in [0.1, 0.15) is 26.5 Å². The third-order valence-electron chi connectivity index (χ3n) is 2.39. The van der Waals surface area contributed by atoms with Crippen molar-refractivity contribution < 1.29 is 14.7 Å². The molecule has 0 unspecified atom stereocenters. The van der Waals surface area contributed by atoms with Gasteiger partial charge in [0.05, 0.1) is 11.3 Å². The molecule has 0 saturated heterocycles. The molecule has 0 bridgehead atoms. The SMILES string of the molecule is Cc1nn(C)cc1C(=O)Nc1nccnc1C(=O)O. The first-order valence-electron chi connectivity index (χ1n) is 5.35. The van der Waals surface area contributed by atoms with Crippen LogP contribution >= 0.6 is 0 Å². The average molecular weight is 261 g/mol. The number of carboxylic acid groups (broad SMARTS) is 1. The number of aromatic nitrogens is 4. The number of aromatic carboxylic acids is 1. The summed E-state index contributed by atoms with van der Waals surface area (Å²) in [6, 6.07) is 0. The van der Waals surface area contributed by atoms with Crippen molar-refractivity contribution in [2.24, 2.45) is 7.05 Å². The zero-order valence-corrected chi connectivity index (χ0v) is 10.3. The Kier molecular flexibility index (Phi) is 3.23. The summed E-state index contributed by atoms with van der Waals surface area (Å²) in [5, 5.41) is 15.4. The Morgan fingerprint density at radius 2 is 2.00 bits per heavy atom. The molecule has 0 aliphatic carbocycles. The number of carbonyl (C=O) groups is 2. The van der Waals surface area contributed by atoms with Crippen LogP contribution < -0.4 is 5.32 Å². The topological polar surface area (TPSA) is 110 Å². The van der Waals surface area contributed by atoms with Gasteiger partial charge in [-0.2, -0.15) is 5.10 Å². The van der Waals surface area contributed by atoms with Crippen molar-refractivity contribution in [2.45, 2.75) is 6.92 Å². The summed E-state index contributed by atoms with van der Waals surface area (Å²) in [4.78, 5) is 30.4. The Balaban J connectivity index is 2.29. The molecule has 0 aliphatic heterocycles. The molecule has 0 fully saturated rings. The van der Waals surface area contributed by atoms with Gasteiger partial charge in [-0.3, -0.25) is 9.48 Å². The first-order chi connectivity index (χ1) is 8.99. The Labute approximate surface area is 108 Å². The van der Waals surface area contributed by atoms with Crippen LogP contribution in [0.4, 0.5) is 5.82 Å². The summed E-state index contributed by atoms with van der Waals surface area (Å²) in [6.07, 6.45) is 4.09. The molecular formula is C11H11N5O3. The van der Waals surface area contributed by atoms with Gasteiger partial charge in [0.1, 0.15) is 0 Å². The summed E-state index contributed by atoms with van der Waals surface area (Å²) >= 11 is 0. The maximum atomic E-state index is 12.0. The standard InChI is InChI=1S/C11H11N5O3/c1-6-7(5-16(2)15-6)10(17)14-9-8(11(18)19)12-3-4-13-9/h3-5H,1-2H3,(H,18,19)(H,13,14,17). The van der Waals surface area contributed by atoms with E-state index in [0.29, 0.717) is 11.3 Å². The molecular weight excluding hydrogens is 250 g/mol. The zero-order chi connectivity index (χ0) is 14.0. The number of amides is 1. The van der Waals surface area contributed by atoms with Crippen LogP contribution in [-0.4, -0.2) is 36.7 Å². The Morgan fingerprint density at radius 1 is 1.32 bits per heavy atom. The lowest BCUT2D eigenvalue weighted by molar-refractivity contribution is 0.0691. The van der Waals surface area contributed by atoms with Crippen molar-refractivity contribution >= 4 is 17.7 Å². The predicted octanol–water partition coefficient (Wildman–Crippen LogP) is 0.469. The van der Waals surface area contributed by atoms with E-state index in [-0.39, 0.29) is 11.5 Å². The van der Waals surface area contributed by atoms with Crippen molar-refractivity contribution in [3.05, 3.63) is 35.5 Å². The molecule has 2 N–H and O–H groups in total. The molecule has 8 nitrogen and oxygen atoms in total. The zero-order valence-electron chi connectivity index (χ0n) is 10.3. The normalized spacial score (nSPS) is 10.2. The number of carboxylic acids is 1. The van der Waals surface area contributed by atoms with Gasteiger partial charge >= 0.3 is 5.97 Å². The molecule has 2 rings (SSSR count). The summed E-state index contributed by atoms with van der Waals surface area (Å²) < 4.78 is 1.50. The molecule has 0 atom stereocenters. The smallest absolute Gasteiger partial charge is 0.358 e. The first-order valence-corrected chi connectivity index (χ1v) is 5.35. The lowest BCUT2D eigenvalue weighted by atomic mass is 10.2. The van der Waals surface area contributed by atoms with Gasteiger partial charge in [-0.1, -0.05) is 0 Å². The van der Waals surface area contributed by atoms with Crippen LogP contribution in [0.25, 0.3) is 0 Å².